The Morgan fingerprint density at radius 1 is 0.727 bits per heavy atom. The van der Waals surface area contributed by atoms with Gasteiger partial charge in [0, 0.05) is 0 Å². The standard InChI is InChI=1S/C18H14FP.C3H3F5O4S/c19-15-11-13-18(14-12-15)20(16-7-3-1-4-8-16)17-9-5-2-6-10-17;4-2(5,6)1(9)3(7,8)13(10,11)12/h1-14H;1,9H,(H,10,11,12). The van der Waals surface area contributed by atoms with Gasteiger partial charge < -0.3 is 9.66 Å². The molecule has 4 nitrogen and oxygen atoms in total. The number of benzene rings is 3. The van der Waals surface area contributed by atoms with Crippen LogP contribution in [0.2, 0.25) is 0 Å². The van der Waals surface area contributed by atoms with Crippen molar-refractivity contribution in [3.63, 3.8) is 0 Å². The molecule has 12 heteroatoms. The van der Waals surface area contributed by atoms with Crippen LogP contribution in [-0.4, -0.2) is 35.6 Å². The van der Waals surface area contributed by atoms with Gasteiger partial charge in [0.1, 0.15) is 21.7 Å². The van der Waals surface area contributed by atoms with Gasteiger partial charge in [-0.05, 0) is 48.5 Å². The van der Waals surface area contributed by atoms with Crippen molar-refractivity contribution in [3.8, 4) is 0 Å². The number of hydrogen-bond donors (Lipinski definition) is 1. The normalized spacial score (nSPS) is 13.2. The molecule has 0 aliphatic rings. The Labute approximate surface area is 187 Å². The molecular formula is C21H17F6O4PS. The minimum Gasteiger partial charge on any atom is -0.743 e. The van der Waals surface area contributed by atoms with E-state index in [2.05, 4.69) is 48.5 Å². The lowest BCUT2D eigenvalue weighted by atomic mass is 10.3. The maximum Gasteiger partial charge on any atom is 0.421 e. The van der Waals surface area contributed by atoms with Gasteiger partial charge in [0.25, 0.3) is 0 Å². The zero-order valence-corrected chi connectivity index (χ0v) is 18.3. The Kier molecular flexibility index (Phi) is 8.64. The molecule has 0 aromatic heterocycles. The van der Waals surface area contributed by atoms with Crippen molar-refractivity contribution in [2.24, 2.45) is 0 Å². The zero-order chi connectivity index (χ0) is 24.9. The molecule has 0 saturated carbocycles. The van der Waals surface area contributed by atoms with E-state index in [0.717, 1.165) is 0 Å². The summed E-state index contributed by atoms with van der Waals surface area (Å²) < 4.78 is 99.8. The molecule has 1 N–H and O–H groups in total. The minimum absolute atomic E-state index is 0.184. The second kappa shape index (κ2) is 10.6. The van der Waals surface area contributed by atoms with E-state index in [1.807, 2.05) is 24.3 Å². The molecule has 0 spiro atoms. The summed E-state index contributed by atoms with van der Waals surface area (Å²) in [6.07, 6.45) is -10.4. The van der Waals surface area contributed by atoms with Gasteiger partial charge in [0.05, 0.1) is 7.92 Å². The van der Waals surface area contributed by atoms with Crippen molar-refractivity contribution in [2.45, 2.75) is 17.5 Å². The van der Waals surface area contributed by atoms with Crippen LogP contribution in [0.3, 0.4) is 0 Å². The van der Waals surface area contributed by atoms with Crippen LogP contribution < -0.4 is 15.9 Å². The molecule has 0 heterocycles. The highest BCUT2D eigenvalue weighted by molar-refractivity contribution is 7.86. The first-order chi connectivity index (χ1) is 15.2. The molecule has 33 heavy (non-hydrogen) atoms. The molecule has 0 aliphatic heterocycles. The van der Waals surface area contributed by atoms with Crippen molar-refractivity contribution >= 4 is 34.0 Å². The highest BCUT2D eigenvalue weighted by atomic mass is 32.2. The Bertz CT molecular complexity index is 1090. The second-order valence-electron chi connectivity index (χ2n) is 6.57. The molecule has 0 aliphatic carbocycles. The van der Waals surface area contributed by atoms with Crippen LogP contribution in [0, 0.1) is 5.82 Å². The summed E-state index contributed by atoms with van der Waals surface area (Å²) in [6.45, 7) is 0. The number of rotatable bonds is 5. The number of aliphatic hydroxyl groups is 1. The molecule has 0 amide bonds. The maximum atomic E-state index is 13.2. The van der Waals surface area contributed by atoms with Crippen LogP contribution in [0.5, 0.6) is 0 Å². The predicted octanol–water partition coefficient (Wildman–Crippen LogP) is 3.36. The van der Waals surface area contributed by atoms with E-state index in [4.69, 9.17) is 5.11 Å². The van der Waals surface area contributed by atoms with E-state index in [1.54, 1.807) is 12.1 Å². The molecule has 1 unspecified atom stereocenters. The molecule has 1 atom stereocenters. The molecular weight excluding hydrogens is 493 g/mol. The van der Waals surface area contributed by atoms with Crippen LogP contribution in [0.4, 0.5) is 26.3 Å². The van der Waals surface area contributed by atoms with Crippen LogP contribution in [-0.2, 0) is 10.1 Å². The Morgan fingerprint density at radius 3 is 1.39 bits per heavy atom. The van der Waals surface area contributed by atoms with Crippen molar-refractivity contribution in [3.05, 3.63) is 90.7 Å². The van der Waals surface area contributed by atoms with Gasteiger partial charge in [-0.1, -0.05) is 36.4 Å². The van der Waals surface area contributed by atoms with Gasteiger partial charge in [0.15, 0.2) is 10.1 Å². The molecule has 3 rings (SSSR count). The highest BCUT2D eigenvalue weighted by Crippen LogP contribution is 2.35. The van der Waals surface area contributed by atoms with E-state index in [1.165, 1.54) is 15.9 Å². The van der Waals surface area contributed by atoms with E-state index in [-0.39, 0.29) is 5.82 Å². The minimum atomic E-state index is -6.54. The number of halogens is 6. The first-order valence-electron chi connectivity index (χ1n) is 9.07. The van der Waals surface area contributed by atoms with Crippen LogP contribution >= 0.6 is 7.92 Å². The topological polar surface area (TPSA) is 77.4 Å². The largest absolute Gasteiger partial charge is 0.743 e. The van der Waals surface area contributed by atoms with Gasteiger partial charge >= 0.3 is 11.4 Å². The third kappa shape index (κ3) is 7.01. The molecule has 0 fully saturated rings. The van der Waals surface area contributed by atoms with Gasteiger partial charge in [-0.25, -0.2) is 12.8 Å². The highest BCUT2D eigenvalue weighted by Gasteiger charge is 2.59. The summed E-state index contributed by atoms with van der Waals surface area (Å²) in [4.78, 5) is 0. The first kappa shape index (κ1) is 26.8. The smallest absolute Gasteiger partial charge is 0.421 e. The molecule has 0 bridgehead atoms. The summed E-state index contributed by atoms with van der Waals surface area (Å²) in [6, 6.07) is 27.8. The fourth-order valence-electron chi connectivity index (χ4n) is 2.65. The van der Waals surface area contributed by atoms with Crippen molar-refractivity contribution in [1.82, 2.24) is 0 Å². The maximum absolute atomic E-state index is 13.2. The third-order valence-corrected chi connectivity index (χ3v) is 7.84. The zero-order valence-electron chi connectivity index (χ0n) is 16.5. The molecule has 3 aromatic carbocycles. The second-order valence-corrected chi connectivity index (χ2v) is 10.5. The van der Waals surface area contributed by atoms with E-state index >= 15 is 0 Å². The van der Waals surface area contributed by atoms with Crippen LogP contribution in [0.25, 0.3) is 0 Å². The number of aliphatic hydroxyl groups excluding tert-OH is 1. The van der Waals surface area contributed by atoms with Gasteiger partial charge in [-0.15, -0.1) is 0 Å². The Hall–Kier alpha value is -2.46. The summed E-state index contributed by atoms with van der Waals surface area (Å²) in [5.41, 5.74) is 0. The summed E-state index contributed by atoms with van der Waals surface area (Å²) >= 11 is 0. The van der Waals surface area contributed by atoms with Crippen LogP contribution in [0.15, 0.2) is 84.9 Å². The monoisotopic (exact) mass is 510 g/mol. The number of alkyl halides is 5. The fraction of sp³-hybridized carbons (Fsp3) is 0.143. The summed E-state index contributed by atoms with van der Waals surface area (Å²) in [5, 5.41) is 5.86. The van der Waals surface area contributed by atoms with E-state index in [0.29, 0.717) is 0 Å². The lowest BCUT2D eigenvalue weighted by molar-refractivity contribution is -0.248. The van der Waals surface area contributed by atoms with Crippen molar-refractivity contribution in [1.29, 1.82) is 0 Å². The molecule has 0 radical (unpaired) electrons. The lowest BCUT2D eigenvalue weighted by Gasteiger charge is -2.26. The number of hydrogen-bond acceptors (Lipinski definition) is 4. The summed E-state index contributed by atoms with van der Waals surface area (Å²) in [7, 11) is -7.60. The van der Waals surface area contributed by atoms with Crippen molar-refractivity contribution < 1.29 is 44.4 Å². The molecule has 0 saturated heterocycles. The first-order valence-corrected chi connectivity index (χ1v) is 12.0. The molecule has 3 aromatic rings. The molecule has 178 valence electrons. The van der Waals surface area contributed by atoms with E-state index in [9.17, 15) is 39.3 Å². The SMILES string of the molecule is Fc1ccc([PH+](c2ccccc2)c2ccccc2)cc1.O=S(=O)([O-])C(F)(F)C(O)C(F)(F)F. The third-order valence-electron chi connectivity index (χ3n) is 4.22. The Morgan fingerprint density at radius 2 is 1.09 bits per heavy atom. The fourth-order valence-corrected chi connectivity index (χ4v) is 5.61. The van der Waals surface area contributed by atoms with E-state index < -0.39 is 35.6 Å². The van der Waals surface area contributed by atoms with Gasteiger partial charge in [0.2, 0.25) is 6.10 Å². The van der Waals surface area contributed by atoms with Gasteiger partial charge in [-0.2, -0.15) is 22.0 Å². The Balaban J connectivity index is 0.000000260. The summed E-state index contributed by atoms with van der Waals surface area (Å²) in [5.74, 6) is -0.184. The quantitative estimate of drug-likeness (QED) is 0.325. The van der Waals surface area contributed by atoms with Gasteiger partial charge in [-0.3, -0.25) is 0 Å². The predicted molar refractivity (Wildman–Crippen MR) is 113 cm³/mol. The average Bonchev–Trinajstić information content (AvgIpc) is 2.75. The van der Waals surface area contributed by atoms with Crippen molar-refractivity contribution in [2.75, 3.05) is 0 Å². The lowest BCUT2D eigenvalue weighted by Crippen LogP contribution is -2.49. The average molecular weight is 510 g/mol. The van der Waals surface area contributed by atoms with Crippen LogP contribution in [0.1, 0.15) is 0 Å².